The molecular formula is C25H31N7O. The van der Waals surface area contributed by atoms with Crippen LogP contribution in [0.25, 0.3) is 22.5 Å². The van der Waals surface area contributed by atoms with Crippen molar-refractivity contribution < 1.29 is 0 Å². The Morgan fingerprint density at radius 1 is 1.06 bits per heavy atom. The normalized spacial score (nSPS) is 12.2. The summed E-state index contributed by atoms with van der Waals surface area (Å²) in [6.07, 6.45) is 10.9. The van der Waals surface area contributed by atoms with Gasteiger partial charge in [0.2, 0.25) is 0 Å². The molecule has 0 bridgehead atoms. The predicted octanol–water partition coefficient (Wildman–Crippen LogP) is 4.64. The van der Waals surface area contributed by atoms with Gasteiger partial charge in [0.1, 0.15) is 0 Å². The summed E-state index contributed by atoms with van der Waals surface area (Å²) >= 11 is 0. The fourth-order valence-corrected chi connectivity index (χ4v) is 4.06. The van der Waals surface area contributed by atoms with Crippen molar-refractivity contribution in [2.75, 3.05) is 0 Å². The van der Waals surface area contributed by atoms with Crippen molar-refractivity contribution >= 4 is 0 Å². The summed E-state index contributed by atoms with van der Waals surface area (Å²) in [7, 11) is 0. The molecule has 0 aliphatic rings. The van der Waals surface area contributed by atoms with Gasteiger partial charge in [0.05, 0.1) is 6.54 Å². The molecule has 3 heterocycles. The van der Waals surface area contributed by atoms with Crippen LogP contribution in [0.15, 0.2) is 53.7 Å². The van der Waals surface area contributed by atoms with Gasteiger partial charge in [-0.15, -0.1) is 5.10 Å². The molecule has 1 N–H and O–H groups in total. The fraction of sp³-hybridized carbons (Fsp3) is 0.400. The molecule has 33 heavy (non-hydrogen) atoms. The van der Waals surface area contributed by atoms with Gasteiger partial charge in [-0.1, -0.05) is 51.0 Å². The van der Waals surface area contributed by atoms with Gasteiger partial charge >= 0.3 is 5.69 Å². The Kier molecular flexibility index (Phi) is 7.12. The molecule has 0 saturated carbocycles. The maximum atomic E-state index is 13.2. The van der Waals surface area contributed by atoms with Crippen LogP contribution in [0.5, 0.6) is 0 Å². The Morgan fingerprint density at radius 3 is 2.58 bits per heavy atom. The number of hydrogen-bond donors (Lipinski definition) is 1. The second kappa shape index (κ2) is 10.4. The van der Waals surface area contributed by atoms with Crippen LogP contribution in [-0.4, -0.2) is 34.7 Å². The molecule has 172 valence electrons. The summed E-state index contributed by atoms with van der Waals surface area (Å²) in [5.74, 6) is 0.603. The van der Waals surface area contributed by atoms with Gasteiger partial charge in [-0.25, -0.2) is 9.89 Å². The molecule has 0 fully saturated rings. The van der Waals surface area contributed by atoms with Crippen LogP contribution in [0.4, 0.5) is 0 Å². The topological polar surface area (TPSA) is 94.3 Å². The lowest BCUT2D eigenvalue weighted by molar-refractivity contribution is 0.504. The van der Waals surface area contributed by atoms with E-state index in [1.54, 1.807) is 6.20 Å². The monoisotopic (exact) mass is 445 g/mol. The van der Waals surface area contributed by atoms with E-state index in [1.165, 1.54) is 6.42 Å². The maximum Gasteiger partial charge on any atom is 0.328 e. The molecule has 0 saturated heterocycles. The molecule has 0 aliphatic carbocycles. The quantitative estimate of drug-likeness (QED) is 0.359. The van der Waals surface area contributed by atoms with E-state index in [0.717, 1.165) is 53.6 Å². The molecule has 0 radical (unpaired) electrons. The number of rotatable bonds is 10. The zero-order chi connectivity index (χ0) is 23.2. The number of hydrogen-bond acceptors (Lipinski definition) is 5. The third-order valence-corrected chi connectivity index (χ3v) is 6.22. The summed E-state index contributed by atoms with van der Waals surface area (Å²) in [5, 5.41) is 14.2. The number of nitrogens with one attached hydrogen (secondary N) is 1. The van der Waals surface area contributed by atoms with Crippen LogP contribution in [0.2, 0.25) is 0 Å². The van der Waals surface area contributed by atoms with Gasteiger partial charge in [0.15, 0.2) is 5.82 Å². The summed E-state index contributed by atoms with van der Waals surface area (Å²) in [5.41, 5.74) is 5.14. The maximum absolute atomic E-state index is 13.2. The van der Waals surface area contributed by atoms with Gasteiger partial charge in [-0.05, 0) is 53.8 Å². The van der Waals surface area contributed by atoms with Crippen LogP contribution in [0.3, 0.4) is 0 Å². The highest BCUT2D eigenvalue weighted by atomic mass is 16.1. The average Bonchev–Trinajstić information content (AvgIpc) is 3.49. The lowest BCUT2D eigenvalue weighted by Gasteiger charge is -2.10. The number of unbranched alkanes of at least 4 members (excludes halogenated alkanes) is 2. The van der Waals surface area contributed by atoms with Gasteiger partial charge < -0.3 is 0 Å². The van der Waals surface area contributed by atoms with Gasteiger partial charge in [-0.3, -0.25) is 14.1 Å². The third-order valence-electron chi connectivity index (χ3n) is 6.22. The zero-order valence-corrected chi connectivity index (χ0v) is 19.5. The van der Waals surface area contributed by atoms with E-state index in [9.17, 15) is 4.79 Å². The molecule has 1 aromatic carbocycles. The fourth-order valence-electron chi connectivity index (χ4n) is 4.06. The highest BCUT2D eigenvalue weighted by Crippen LogP contribution is 2.29. The van der Waals surface area contributed by atoms with Crippen LogP contribution in [-0.2, 0) is 13.0 Å². The molecular weight excluding hydrogens is 414 g/mol. The first-order chi connectivity index (χ1) is 16.1. The molecule has 8 heteroatoms. The predicted molar refractivity (Wildman–Crippen MR) is 129 cm³/mol. The van der Waals surface area contributed by atoms with Crippen molar-refractivity contribution in [2.24, 2.45) is 0 Å². The number of pyridine rings is 1. The number of nitrogens with zero attached hydrogens (tertiary/aromatic N) is 6. The van der Waals surface area contributed by atoms with Crippen molar-refractivity contribution in [1.29, 1.82) is 0 Å². The van der Waals surface area contributed by atoms with Crippen molar-refractivity contribution in [3.05, 3.63) is 70.7 Å². The van der Waals surface area contributed by atoms with E-state index in [0.29, 0.717) is 12.4 Å². The van der Waals surface area contributed by atoms with Crippen LogP contribution >= 0.6 is 0 Å². The number of tetrazole rings is 1. The van der Waals surface area contributed by atoms with Crippen LogP contribution < -0.4 is 5.69 Å². The zero-order valence-electron chi connectivity index (χ0n) is 19.5. The summed E-state index contributed by atoms with van der Waals surface area (Å²) in [4.78, 5) is 17.5. The molecule has 3 aromatic heterocycles. The number of H-pyrrole nitrogens is 1. The second-order valence-corrected chi connectivity index (χ2v) is 8.48. The molecule has 0 aliphatic heterocycles. The van der Waals surface area contributed by atoms with Crippen molar-refractivity contribution in [2.45, 2.75) is 65.5 Å². The third kappa shape index (κ3) is 4.94. The SMILES string of the molecule is CCCCCc1cn(C(C)CC)c(=O)n1Cc1ccc(-c2cnccc2-c2nnn[nH]2)cc1. The molecule has 0 spiro atoms. The highest BCUT2D eigenvalue weighted by Gasteiger charge is 2.15. The number of benzene rings is 1. The summed E-state index contributed by atoms with van der Waals surface area (Å²) in [6, 6.07) is 10.4. The Balaban J connectivity index is 1.61. The number of aromatic nitrogens is 7. The Bertz CT molecular complexity index is 1220. The van der Waals surface area contributed by atoms with Crippen molar-refractivity contribution in [1.82, 2.24) is 34.7 Å². The number of aryl methyl sites for hydroxylation is 1. The van der Waals surface area contributed by atoms with E-state index in [2.05, 4.69) is 76.8 Å². The minimum atomic E-state index is 0.0762. The first-order valence-electron chi connectivity index (χ1n) is 11.7. The number of aromatic amines is 1. The lowest BCUT2D eigenvalue weighted by atomic mass is 10.0. The highest BCUT2D eigenvalue weighted by molar-refractivity contribution is 5.79. The van der Waals surface area contributed by atoms with Gasteiger partial charge in [0.25, 0.3) is 0 Å². The minimum Gasteiger partial charge on any atom is -0.296 e. The van der Waals surface area contributed by atoms with Crippen LogP contribution in [0, 0.1) is 0 Å². The summed E-state index contributed by atoms with van der Waals surface area (Å²) in [6.45, 7) is 6.98. The van der Waals surface area contributed by atoms with Gasteiger partial charge in [0, 0.05) is 41.5 Å². The van der Waals surface area contributed by atoms with E-state index in [1.807, 2.05) is 21.4 Å². The molecule has 4 aromatic rings. The Labute approximate surface area is 193 Å². The van der Waals surface area contributed by atoms with E-state index in [-0.39, 0.29) is 11.7 Å². The smallest absolute Gasteiger partial charge is 0.296 e. The Morgan fingerprint density at radius 2 is 1.88 bits per heavy atom. The minimum absolute atomic E-state index is 0.0762. The van der Waals surface area contributed by atoms with E-state index in [4.69, 9.17) is 0 Å². The second-order valence-electron chi connectivity index (χ2n) is 8.48. The first-order valence-corrected chi connectivity index (χ1v) is 11.7. The molecule has 4 rings (SSSR count). The van der Waals surface area contributed by atoms with Crippen molar-refractivity contribution in [3.63, 3.8) is 0 Å². The number of imidazole rings is 1. The molecule has 0 amide bonds. The lowest BCUT2D eigenvalue weighted by Crippen LogP contribution is -2.27. The molecule has 1 unspecified atom stereocenters. The molecule has 8 nitrogen and oxygen atoms in total. The van der Waals surface area contributed by atoms with Crippen LogP contribution in [0.1, 0.15) is 63.8 Å². The van der Waals surface area contributed by atoms with E-state index < -0.39 is 0 Å². The summed E-state index contributed by atoms with van der Waals surface area (Å²) < 4.78 is 3.83. The largest absolute Gasteiger partial charge is 0.328 e. The van der Waals surface area contributed by atoms with Gasteiger partial charge in [-0.2, -0.15) is 0 Å². The standard InChI is InChI=1S/C25H31N7O/c1-4-6-7-8-21-17-31(18(3)5-2)25(33)32(21)16-19-9-11-20(12-10-19)23-15-26-14-13-22(23)24-27-29-30-28-24/h9-15,17-18H,4-8,16H2,1-3H3,(H,27,28,29,30). The Hall–Kier alpha value is -3.55. The first kappa shape index (κ1) is 22.6. The molecule has 1 atom stereocenters. The average molecular weight is 446 g/mol. The van der Waals surface area contributed by atoms with Crippen molar-refractivity contribution in [3.8, 4) is 22.5 Å². The van der Waals surface area contributed by atoms with E-state index >= 15 is 0 Å².